The number of cyclic esters (lactones) is 1. The van der Waals surface area contributed by atoms with Crippen LogP contribution in [0.5, 0.6) is 5.75 Å². The molecule has 0 fully saturated rings. The number of amides is 4. The molecule has 3 N–H and O–H groups in total. The summed E-state index contributed by atoms with van der Waals surface area (Å²) >= 11 is 0. The molecule has 18 nitrogen and oxygen atoms in total. The van der Waals surface area contributed by atoms with Gasteiger partial charge in [0.1, 0.15) is 18.1 Å². The first-order valence-corrected chi connectivity index (χ1v) is 25.4. The molecule has 0 radical (unpaired) electrons. The molecule has 74 heavy (non-hydrogen) atoms. The molecular weight excluding hydrogens is 951 g/mol. The highest BCUT2D eigenvalue weighted by Gasteiger charge is 2.50. The number of carbonyl (C=O) groups excluding carboxylic acids is 9. The summed E-state index contributed by atoms with van der Waals surface area (Å²) in [7, 11) is 0. The monoisotopic (exact) mass is 1010 g/mol. The van der Waals surface area contributed by atoms with E-state index in [4.69, 9.17) is 14.5 Å². The summed E-state index contributed by atoms with van der Waals surface area (Å²) in [6.07, 6.45) is 4.01. The number of aryl methyl sites for hydroxylation is 1. The third kappa shape index (κ3) is 12.4. The van der Waals surface area contributed by atoms with E-state index in [1.165, 1.54) is 18.2 Å². The van der Waals surface area contributed by atoms with Crippen molar-refractivity contribution >= 4 is 63.8 Å². The fraction of sp³-hybridized carbons (Fsp3) is 0.446. The van der Waals surface area contributed by atoms with Gasteiger partial charge in [0.15, 0.2) is 11.6 Å². The van der Waals surface area contributed by atoms with Crippen LogP contribution in [0.1, 0.15) is 126 Å². The van der Waals surface area contributed by atoms with E-state index in [-0.39, 0.29) is 111 Å². The number of Topliss-reactive ketones (excluding diaryl/α,β-unsaturated/α-hetero) is 3. The number of phenols is 1. The van der Waals surface area contributed by atoms with E-state index < -0.39 is 71.4 Å². The third-order valence-electron chi connectivity index (χ3n) is 13.9. The molecular formula is C56H63N5O13. The molecule has 18 heteroatoms. The number of hydrogen-bond donors (Lipinski definition) is 3. The lowest BCUT2D eigenvalue weighted by Crippen LogP contribution is -2.47. The van der Waals surface area contributed by atoms with Crippen LogP contribution < -0.4 is 16.2 Å². The third-order valence-corrected chi connectivity index (χ3v) is 13.9. The first-order chi connectivity index (χ1) is 35.4. The van der Waals surface area contributed by atoms with Gasteiger partial charge in [-0.15, -0.1) is 0 Å². The van der Waals surface area contributed by atoms with Gasteiger partial charge in [0, 0.05) is 73.2 Å². The van der Waals surface area contributed by atoms with Crippen molar-refractivity contribution in [3.8, 4) is 17.1 Å². The Morgan fingerprint density at radius 1 is 0.851 bits per heavy atom. The van der Waals surface area contributed by atoms with Gasteiger partial charge in [0.25, 0.3) is 17.4 Å². The Hall–Kier alpha value is -7.63. The Labute approximate surface area is 428 Å². The van der Waals surface area contributed by atoms with Gasteiger partial charge >= 0.3 is 11.9 Å². The van der Waals surface area contributed by atoms with Crippen molar-refractivity contribution < 1.29 is 57.7 Å². The van der Waals surface area contributed by atoms with Gasteiger partial charge in [-0.3, -0.25) is 48.1 Å². The zero-order valence-corrected chi connectivity index (χ0v) is 42.3. The number of imide groups is 1. The average molecular weight is 1010 g/mol. The molecule has 3 atom stereocenters. The van der Waals surface area contributed by atoms with Crippen LogP contribution in [0.4, 0.5) is 0 Å². The first-order valence-electron chi connectivity index (χ1n) is 25.4. The summed E-state index contributed by atoms with van der Waals surface area (Å²) in [6.45, 7) is 7.03. The predicted molar refractivity (Wildman–Crippen MR) is 270 cm³/mol. The number of unbranched alkanes of at least 4 members (excludes halogenated alkanes) is 2. The van der Waals surface area contributed by atoms with E-state index in [1.807, 2.05) is 39.0 Å². The fourth-order valence-corrected chi connectivity index (χ4v) is 10.0. The summed E-state index contributed by atoms with van der Waals surface area (Å²) in [5.41, 5.74) is 1.97. The molecule has 0 saturated carbocycles. The summed E-state index contributed by atoms with van der Waals surface area (Å²) in [5.74, 6) is -5.44. The van der Waals surface area contributed by atoms with Gasteiger partial charge in [0.05, 0.1) is 48.0 Å². The maximum Gasteiger partial charge on any atom is 0.355 e. The van der Waals surface area contributed by atoms with Crippen LogP contribution in [0, 0.1) is 11.8 Å². The number of rotatable bonds is 26. The summed E-state index contributed by atoms with van der Waals surface area (Å²) in [5, 5.41) is 16.4. The number of pyridine rings is 2. The fourth-order valence-electron chi connectivity index (χ4n) is 10.0. The second-order valence-electron chi connectivity index (χ2n) is 19.6. The Kier molecular flexibility index (Phi) is 17.5. The minimum Gasteiger partial charge on any atom is -0.508 e. The zero-order chi connectivity index (χ0) is 53.3. The lowest BCUT2D eigenvalue weighted by molar-refractivity contribution is -0.189. The van der Waals surface area contributed by atoms with Gasteiger partial charge < -0.3 is 29.8 Å². The van der Waals surface area contributed by atoms with Crippen molar-refractivity contribution in [1.82, 2.24) is 25.1 Å². The minimum absolute atomic E-state index is 0.0330. The molecule has 7 rings (SSSR count). The van der Waals surface area contributed by atoms with Crippen molar-refractivity contribution in [2.75, 3.05) is 13.1 Å². The van der Waals surface area contributed by atoms with Crippen LogP contribution in [0.25, 0.3) is 22.3 Å². The maximum atomic E-state index is 14.1. The van der Waals surface area contributed by atoms with E-state index >= 15 is 0 Å². The summed E-state index contributed by atoms with van der Waals surface area (Å²) < 4.78 is 12.9. The number of benzene rings is 2. The second kappa shape index (κ2) is 23.9. The average Bonchev–Trinajstić information content (AvgIpc) is 3.91. The normalized spacial score (nSPS) is 16.3. The Morgan fingerprint density at radius 3 is 2.28 bits per heavy atom. The molecule has 0 aliphatic carbocycles. The minimum atomic E-state index is -2.00. The first kappa shape index (κ1) is 54.2. The van der Waals surface area contributed by atoms with Crippen molar-refractivity contribution in [3.63, 3.8) is 0 Å². The molecule has 4 aromatic rings. The quantitative estimate of drug-likeness (QED) is 0.0349. The number of esters is 2. The Bertz CT molecular complexity index is 2960. The van der Waals surface area contributed by atoms with Crippen molar-refractivity contribution in [3.05, 3.63) is 105 Å². The van der Waals surface area contributed by atoms with Gasteiger partial charge in [-0.1, -0.05) is 64.4 Å². The van der Waals surface area contributed by atoms with Crippen LogP contribution in [-0.4, -0.2) is 91.6 Å². The summed E-state index contributed by atoms with van der Waals surface area (Å²) in [6, 6.07) is 14.5. The topological polar surface area (TPSA) is 255 Å². The number of ketones is 3. The summed E-state index contributed by atoms with van der Waals surface area (Å²) in [4.78, 5) is 138. The molecule has 0 spiro atoms. The van der Waals surface area contributed by atoms with Crippen LogP contribution >= 0.6 is 0 Å². The lowest BCUT2D eigenvalue weighted by atomic mass is 9.85. The van der Waals surface area contributed by atoms with E-state index in [0.29, 0.717) is 42.6 Å². The Morgan fingerprint density at radius 2 is 1.58 bits per heavy atom. The zero-order valence-electron chi connectivity index (χ0n) is 42.3. The van der Waals surface area contributed by atoms with Crippen molar-refractivity contribution in [2.45, 2.75) is 136 Å². The molecule has 390 valence electrons. The highest BCUT2D eigenvalue weighted by atomic mass is 16.6. The number of nitrogens with zero attached hydrogens (tertiary/aromatic N) is 3. The Balaban J connectivity index is 0.937. The number of carbonyl (C=O) groups is 9. The molecule has 0 saturated heterocycles. The maximum absolute atomic E-state index is 14.1. The van der Waals surface area contributed by atoms with Crippen LogP contribution in [0.2, 0.25) is 0 Å². The molecule has 5 heterocycles. The second-order valence-corrected chi connectivity index (χ2v) is 19.6. The van der Waals surface area contributed by atoms with E-state index in [2.05, 4.69) is 10.6 Å². The number of hydrogen-bond acceptors (Lipinski definition) is 14. The standard InChI is InChI=1S/C56H63N5O13/c1-5-39-40-28-37(63)16-19-44(40)59-52-41(39)31-61-46(52)29-43-42(54(61)71)32-73-55(72)56(43,6-2)74-51(69)23-18-38(64)30-57-53(70)35(25-33(3)4)27-47(65)45(26-34-13-9-7-10-14-34)58-48(66)20-17-36(62)15-11-8-12-24-60-49(67)21-22-50(60)68/h7,9-10,13-14,16,19,21-22,28-29,33,35,45,63H,5-6,8,11-12,15,17-18,20,23-27,30-32H2,1-4H3,(H,57,70)(H,58,66)/t35-,45+,56+/m1/s1. The number of phenolic OH excluding ortho intramolecular Hbond substituents is 1. The van der Waals surface area contributed by atoms with Crippen LogP contribution in [0.15, 0.2) is 71.5 Å². The van der Waals surface area contributed by atoms with Gasteiger partial charge in [0.2, 0.25) is 17.4 Å². The molecule has 0 bridgehead atoms. The van der Waals surface area contributed by atoms with Crippen molar-refractivity contribution in [2.24, 2.45) is 11.8 Å². The molecule has 4 amide bonds. The highest BCUT2D eigenvalue weighted by Crippen LogP contribution is 2.42. The lowest BCUT2D eigenvalue weighted by Gasteiger charge is -2.35. The molecule has 2 aromatic carbocycles. The largest absolute Gasteiger partial charge is 0.508 e. The highest BCUT2D eigenvalue weighted by molar-refractivity contribution is 6.12. The van der Waals surface area contributed by atoms with Gasteiger partial charge in [-0.2, -0.15) is 0 Å². The van der Waals surface area contributed by atoms with Crippen LogP contribution in [0.3, 0.4) is 0 Å². The number of fused-ring (bicyclic) bond motifs is 5. The molecule has 2 aromatic heterocycles. The van der Waals surface area contributed by atoms with E-state index in [9.17, 15) is 53.1 Å². The predicted octanol–water partition coefficient (Wildman–Crippen LogP) is 5.55. The van der Waals surface area contributed by atoms with E-state index in [0.717, 1.165) is 27.0 Å². The smallest absolute Gasteiger partial charge is 0.355 e. The number of aromatic nitrogens is 2. The van der Waals surface area contributed by atoms with Crippen molar-refractivity contribution in [1.29, 1.82) is 0 Å². The van der Waals surface area contributed by atoms with Gasteiger partial charge in [-0.05, 0) is 79.8 Å². The molecule has 3 aliphatic heterocycles. The number of aromatic hydroxyl groups is 1. The SMILES string of the molecule is CCc1c2c(nc3ccc(O)cc13)-c1cc3c(c(=O)n1C2)COC(=O)[C@@]3(CC)OC(=O)CCC(=O)CNC(=O)[C@@H](CC(=O)[C@H](Cc1ccccc1)NC(=O)CCC(=O)CCCCCN1C(=O)C=CC1=O)CC(C)C. The molecule has 0 unspecified atom stereocenters. The number of nitrogens with one attached hydrogen (secondary N) is 2. The van der Waals surface area contributed by atoms with Gasteiger partial charge in [-0.25, -0.2) is 9.78 Å². The van der Waals surface area contributed by atoms with E-state index in [1.54, 1.807) is 41.8 Å². The molecule has 3 aliphatic rings. The van der Waals surface area contributed by atoms with Crippen LogP contribution in [-0.2, 0) is 84.2 Å². The number of ether oxygens (including phenoxy) is 2.